The highest BCUT2D eigenvalue weighted by Gasteiger charge is 2.24. The molecule has 1 unspecified atom stereocenters. The number of aryl methyl sites for hydroxylation is 1. The van der Waals surface area contributed by atoms with Gasteiger partial charge in [0.2, 0.25) is 0 Å². The monoisotopic (exact) mass is 301 g/mol. The second kappa shape index (κ2) is 5.32. The number of likely N-dealkylation sites (tertiary alicyclic amines) is 1. The first-order valence-electron chi connectivity index (χ1n) is 5.60. The third-order valence-corrected chi connectivity index (χ3v) is 4.89. The van der Waals surface area contributed by atoms with Gasteiger partial charge in [0.1, 0.15) is 0 Å². The van der Waals surface area contributed by atoms with Crippen molar-refractivity contribution in [3.05, 3.63) is 21.9 Å². The van der Waals surface area contributed by atoms with E-state index in [1.807, 2.05) is 22.6 Å². The number of amides is 1. The fourth-order valence-electron chi connectivity index (χ4n) is 2.13. The van der Waals surface area contributed by atoms with E-state index in [4.69, 9.17) is 0 Å². The van der Waals surface area contributed by atoms with Crippen LogP contribution in [-0.4, -0.2) is 29.2 Å². The van der Waals surface area contributed by atoms with Gasteiger partial charge in [-0.2, -0.15) is 11.3 Å². The molecule has 0 N–H and O–H groups in total. The predicted octanol–water partition coefficient (Wildman–Crippen LogP) is 3.30. The molecule has 16 heavy (non-hydrogen) atoms. The highest BCUT2D eigenvalue weighted by atomic mass is 79.9. The van der Waals surface area contributed by atoms with Crippen molar-refractivity contribution in [3.8, 4) is 0 Å². The fourth-order valence-corrected chi connectivity index (χ4v) is 3.48. The molecule has 0 spiro atoms. The number of carbonyl (C=O) groups excluding carboxylic acids is 1. The Hall–Kier alpha value is -0.350. The lowest BCUT2D eigenvalue weighted by atomic mass is 9.99. The average molecular weight is 302 g/mol. The van der Waals surface area contributed by atoms with Gasteiger partial charge in [0.25, 0.3) is 5.91 Å². The van der Waals surface area contributed by atoms with Gasteiger partial charge in [-0.25, -0.2) is 0 Å². The number of rotatable bonds is 2. The molecule has 1 aromatic heterocycles. The molecule has 0 radical (unpaired) electrons. The van der Waals surface area contributed by atoms with E-state index in [1.165, 1.54) is 6.42 Å². The molecule has 0 aromatic carbocycles. The quantitative estimate of drug-likeness (QED) is 0.768. The molecule has 0 saturated carbocycles. The molecular formula is C12H16BrNOS. The summed E-state index contributed by atoms with van der Waals surface area (Å²) < 4.78 is 0. The van der Waals surface area contributed by atoms with Crippen LogP contribution in [0.3, 0.4) is 0 Å². The van der Waals surface area contributed by atoms with E-state index in [0.717, 1.165) is 36.0 Å². The number of hydrogen-bond donors (Lipinski definition) is 0. The van der Waals surface area contributed by atoms with Crippen molar-refractivity contribution < 1.29 is 4.79 Å². The predicted molar refractivity (Wildman–Crippen MR) is 71.5 cm³/mol. The van der Waals surface area contributed by atoms with Gasteiger partial charge in [0.15, 0.2) is 0 Å². The molecule has 1 fully saturated rings. The molecule has 2 heterocycles. The Morgan fingerprint density at radius 2 is 2.44 bits per heavy atom. The molecule has 4 heteroatoms. The molecule has 0 aliphatic carbocycles. The first-order valence-corrected chi connectivity index (χ1v) is 7.67. The van der Waals surface area contributed by atoms with Gasteiger partial charge in [0, 0.05) is 23.8 Å². The van der Waals surface area contributed by atoms with E-state index < -0.39 is 0 Å². The van der Waals surface area contributed by atoms with E-state index >= 15 is 0 Å². The van der Waals surface area contributed by atoms with Crippen LogP contribution < -0.4 is 0 Å². The van der Waals surface area contributed by atoms with Crippen molar-refractivity contribution in [2.24, 2.45) is 5.92 Å². The molecule has 0 bridgehead atoms. The number of piperidine rings is 1. The van der Waals surface area contributed by atoms with E-state index in [-0.39, 0.29) is 5.91 Å². The lowest BCUT2D eigenvalue weighted by Gasteiger charge is -2.32. The van der Waals surface area contributed by atoms with E-state index in [0.29, 0.717) is 5.92 Å². The second-order valence-electron chi connectivity index (χ2n) is 4.38. The van der Waals surface area contributed by atoms with E-state index in [1.54, 1.807) is 11.3 Å². The summed E-state index contributed by atoms with van der Waals surface area (Å²) in [6.45, 7) is 3.83. The first-order chi connectivity index (χ1) is 7.72. The van der Waals surface area contributed by atoms with E-state index in [2.05, 4.69) is 15.9 Å². The van der Waals surface area contributed by atoms with Gasteiger partial charge >= 0.3 is 0 Å². The summed E-state index contributed by atoms with van der Waals surface area (Å²) in [6.07, 6.45) is 2.36. The molecule has 1 aliphatic heterocycles. The second-order valence-corrected chi connectivity index (χ2v) is 5.77. The van der Waals surface area contributed by atoms with Crippen LogP contribution in [0.1, 0.15) is 28.8 Å². The summed E-state index contributed by atoms with van der Waals surface area (Å²) in [5, 5.41) is 5.01. The van der Waals surface area contributed by atoms with Crippen molar-refractivity contribution >= 4 is 33.2 Å². The Morgan fingerprint density at radius 3 is 3.06 bits per heavy atom. The fraction of sp³-hybridized carbons (Fsp3) is 0.583. The lowest BCUT2D eigenvalue weighted by Crippen LogP contribution is -2.40. The zero-order chi connectivity index (χ0) is 11.5. The van der Waals surface area contributed by atoms with Gasteiger partial charge in [-0.1, -0.05) is 15.9 Å². The van der Waals surface area contributed by atoms with Crippen LogP contribution in [0.25, 0.3) is 0 Å². The number of hydrogen-bond acceptors (Lipinski definition) is 2. The Labute approximate surface area is 109 Å². The van der Waals surface area contributed by atoms with Crippen molar-refractivity contribution in [2.75, 3.05) is 18.4 Å². The molecular weight excluding hydrogens is 286 g/mol. The van der Waals surface area contributed by atoms with Crippen LogP contribution in [0.5, 0.6) is 0 Å². The molecule has 88 valence electrons. The van der Waals surface area contributed by atoms with Crippen LogP contribution in [0.2, 0.25) is 0 Å². The molecule has 1 amide bonds. The van der Waals surface area contributed by atoms with Crippen LogP contribution in [0.4, 0.5) is 0 Å². The van der Waals surface area contributed by atoms with Crippen LogP contribution in [-0.2, 0) is 0 Å². The average Bonchev–Trinajstić information content (AvgIpc) is 2.74. The van der Waals surface area contributed by atoms with Crippen LogP contribution in [0, 0.1) is 12.8 Å². The lowest BCUT2D eigenvalue weighted by molar-refractivity contribution is 0.0686. The minimum absolute atomic E-state index is 0.212. The molecule has 1 saturated heterocycles. The Bertz CT molecular complexity index is 377. The van der Waals surface area contributed by atoms with Gasteiger partial charge in [-0.05, 0) is 36.6 Å². The van der Waals surface area contributed by atoms with Gasteiger partial charge in [-0.15, -0.1) is 0 Å². The largest absolute Gasteiger partial charge is 0.338 e. The molecule has 2 rings (SSSR count). The standard InChI is InChI=1S/C12H16BrNOS/c1-9-7-16-8-11(9)12(15)14-4-2-3-10(5-13)6-14/h7-8,10H,2-6H2,1H3. The zero-order valence-electron chi connectivity index (χ0n) is 9.41. The Morgan fingerprint density at radius 1 is 1.62 bits per heavy atom. The van der Waals surface area contributed by atoms with Crippen molar-refractivity contribution in [1.29, 1.82) is 0 Å². The molecule has 1 aliphatic rings. The molecule has 1 aromatic rings. The topological polar surface area (TPSA) is 20.3 Å². The third kappa shape index (κ3) is 2.48. The smallest absolute Gasteiger partial charge is 0.254 e. The summed E-state index contributed by atoms with van der Waals surface area (Å²) in [5.41, 5.74) is 2.00. The SMILES string of the molecule is Cc1cscc1C(=O)N1CCCC(CBr)C1. The van der Waals surface area contributed by atoms with Gasteiger partial charge in [-0.3, -0.25) is 4.79 Å². The summed E-state index contributed by atoms with van der Waals surface area (Å²) in [7, 11) is 0. The summed E-state index contributed by atoms with van der Waals surface area (Å²) >= 11 is 5.12. The minimum atomic E-state index is 0.212. The maximum absolute atomic E-state index is 12.3. The van der Waals surface area contributed by atoms with Crippen molar-refractivity contribution in [1.82, 2.24) is 4.90 Å². The first kappa shape index (κ1) is 12.1. The van der Waals surface area contributed by atoms with Crippen molar-refractivity contribution in [2.45, 2.75) is 19.8 Å². The number of alkyl halides is 1. The Kier molecular flexibility index (Phi) is 4.03. The number of carbonyl (C=O) groups is 1. The summed E-state index contributed by atoms with van der Waals surface area (Å²) in [5.74, 6) is 0.834. The van der Waals surface area contributed by atoms with Crippen molar-refractivity contribution in [3.63, 3.8) is 0 Å². The summed E-state index contributed by atoms with van der Waals surface area (Å²) in [6, 6.07) is 0. The summed E-state index contributed by atoms with van der Waals surface area (Å²) in [4.78, 5) is 14.3. The van der Waals surface area contributed by atoms with E-state index in [9.17, 15) is 4.79 Å². The minimum Gasteiger partial charge on any atom is -0.338 e. The Balaban J connectivity index is 2.07. The maximum atomic E-state index is 12.3. The number of halogens is 1. The van der Waals surface area contributed by atoms with Gasteiger partial charge < -0.3 is 4.90 Å². The van der Waals surface area contributed by atoms with Gasteiger partial charge in [0.05, 0.1) is 5.56 Å². The zero-order valence-corrected chi connectivity index (χ0v) is 11.8. The normalized spacial score (nSPS) is 21.1. The number of thiophene rings is 1. The van der Waals surface area contributed by atoms with Crippen LogP contribution in [0.15, 0.2) is 10.8 Å². The molecule has 2 nitrogen and oxygen atoms in total. The highest BCUT2D eigenvalue weighted by Crippen LogP contribution is 2.22. The molecule has 1 atom stereocenters. The highest BCUT2D eigenvalue weighted by molar-refractivity contribution is 9.09. The maximum Gasteiger partial charge on any atom is 0.254 e. The third-order valence-electron chi connectivity index (χ3n) is 3.11. The number of nitrogens with zero attached hydrogens (tertiary/aromatic N) is 1. The van der Waals surface area contributed by atoms with Crippen LogP contribution >= 0.6 is 27.3 Å².